The molecule has 0 aliphatic carbocycles. The van der Waals surface area contributed by atoms with Gasteiger partial charge in [-0.2, -0.15) is 0 Å². The van der Waals surface area contributed by atoms with Crippen LogP contribution in [0.4, 0.5) is 0 Å². The van der Waals surface area contributed by atoms with Gasteiger partial charge in [0.2, 0.25) is 0 Å². The highest BCUT2D eigenvalue weighted by Crippen LogP contribution is 2.26. The second-order valence-electron chi connectivity index (χ2n) is 8.66. The lowest BCUT2D eigenvalue weighted by Gasteiger charge is -2.16. The van der Waals surface area contributed by atoms with E-state index in [1.807, 2.05) is 37.4 Å². The number of nitrogens with one attached hydrogen (secondary N) is 1. The third-order valence-corrected chi connectivity index (χ3v) is 6.85. The van der Waals surface area contributed by atoms with Crippen molar-refractivity contribution in [2.45, 2.75) is 33.1 Å². The maximum Gasteiger partial charge on any atom is 0.133 e. The molecule has 0 unspecified atom stereocenters. The number of hydrazine groups is 1. The van der Waals surface area contributed by atoms with Crippen LogP contribution in [-0.2, 0) is 17.6 Å². The molecule has 8 nitrogen and oxygen atoms in total. The Morgan fingerprint density at radius 2 is 1.61 bits per heavy atom. The number of methoxy groups -OCH3 is 2. The van der Waals surface area contributed by atoms with E-state index in [1.165, 1.54) is 5.56 Å². The molecule has 10 heteroatoms. The molecule has 0 heterocycles. The van der Waals surface area contributed by atoms with E-state index in [2.05, 4.69) is 61.2 Å². The van der Waals surface area contributed by atoms with Crippen molar-refractivity contribution in [1.82, 2.24) is 10.3 Å². The Hall–Kier alpha value is -2.53. The number of nitrogens with zero attached hydrogens (tertiary/aromatic N) is 2. The minimum absolute atomic E-state index is 0.250. The van der Waals surface area contributed by atoms with Gasteiger partial charge in [0.05, 0.1) is 47.8 Å². The zero-order valence-electron chi connectivity index (χ0n) is 22.6. The molecule has 0 aromatic heterocycles. The third-order valence-electron chi connectivity index (χ3n) is 5.61. The summed E-state index contributed by atoms with van der Waals surface area (Å²) in [6.45, 7) is 6.03. The molecule has 0 fully saturated rings. The lowest BCUT2D eigenvalue weighted by molar-refractivity contribution is 0.176. The van der Waals surface area contributed by atoms with Crippen molar-refractivity contribution in [2.75, 3.05) is 40.5 Å². The Balaban J connectivity index is 1.83. The summed E-state index contributed by atoms with van der Waals surface area (Å²) < 4.78 is 18.3. The zero-order chi connectivity index (χ0) is 27.9. The number of hydrogen-bond acceptors (Lipinski definition) is 8. The Bertz CT molecular complexity index is 1120. The summed E-state index contributed by atoms with van der Waals surface area (Å²) in [4.78, 5) is 4.67. The fourth-order valence-electron chi connectivity index (χ4n) is 3.41. The molecule has 208 valence electrons. The number of halogens is 2. The molecular weight excluding hydrogens is 614 g/mol. The van der Waals surface area contributed by atoms with E-state index in [0.717, 1.165) is 63.2 Å². The fourth-order valence-corrected chi connectivity index (χ4v) is 4.59. The molecule has 0 radical (unpaired) electrons. The van der Waals surface area contributed by atoms with Gasteiger partial charge < -0.3 is 30.3 Å². The van der Waals surface area contributed by atoms with Crippen LogP contribution in [0.2, 0.25) is 0 Å². The van der Waals surface area contributed by atoms with Crippen LogP contribution in [-0.4, -0.2) is 51.2 Å². The van der Waals surface area contributed by atoms with E-state index in [0.29, 0.717) is 18.8 Å². The van der Waals surface area contributed by atoms with Gasteiger partial charge in [-0.15, -0.1) is 0 Å². The second-order valence-corrected chi connectivity index (χ2v) is 10.4. The van der Waals surface area contributed by atoms with Gasteiger partial charge >= 0.3 is 0 Å². The highest BCUT2D eigenvalue weighted by atomic mass is 79.9. The van der Waals surface area contributed by atoms with Crippen LogP contribution >= 0.6 is 31.9 Å². The number of aliphatic imine (C=N–C) groups is 1. The normalized spacial score (nSPS) is 12.4. The average Bonchev–Trinajstić information content (AvgIpc) is 2.89. The Labute approximate surface area is 243 Å². The fraction of sp³-hybridized carbons (Fsp3) is 0.393. The predicted octanol–water partition coefficient (Wildman–Crippen LogP) is 5.31. The zero-order valence-corrected chi connectivity index (χ0v) is 25.8. The van der Waals surface area contributed by atoms with Gasteiger partial charge in [-0.3, -0.25) is 4.99 Å². The maximum absolute atomic E-state index is 6.14. The first-order valence-electron chi connectivity index (χ1n) is 12.4. The van der Waals surface area contributed by atoms with E-state index < -0.39 is 0 Å². The topological polar surface area (TPSA) is 107 Å². The lowest BCUT2D eigenvalue weighted by atomic mass is 10.1. The van der Waals surface area contributed by atoms with E-state index in [4.69, 9.17) is 25.8 Å². The summed E-state index contributed by atoms with van der Waals surface area (Å²) in [6.07, 6.45) is 6.10. The van der Waals surface area contributed by atoms with Gasteiger partial charge in [-0.1, -0.05) is 19.1 Å². The van der Waals surface area contributed by atoms with Crippen LogP contribution in [0.25, 0.3) is 0 Å². The number of rotatable bonds is 16. The third kappa shape index (κ3) is 11.5. The minimum atomic E-state index is 0.250. The van der Waals surface area contributed by atoms with Gasteiger partial charge in [-0.05, 0) is 93.4 Å². The molecule has 0 amide bonds. The summed E-state index contributed by atoms with van der Waals surface area (Å²) in [7, 11) is 3.31. The van der Waals surface area contributed by atoms with Gasteiger partial charge in [0, 0.05) is 31.2 Å². The first-order chi connectivity index (χ1) is 18.2. The molecule has 0 aliphatic rings. The monoisotopic (exact) mass is 651 g/mol. The molecule has 2 aromatic carbocycles. The molecule has 0 aliphatic heterocycles. The summed E-state index contributed by atoms with van der Waals surface area (Å²) >= 11 is 7.04. The molecule has 0 saturated carbocycles. The van der Waals surface area contributed by atoms with Crippen LogP contribution in [0.3, 0.4) is 0 Å². The highest BCUT2D eigenvalue weighted by Gasteiger charge is 2.05. The summed E-state index contributed by atoms with van der Waals surface area (Å²) in [5, 5.41) is 4.92. The van der Waals surface area contributed by atoms with E-state index in [-0.39, 0.29) is 6.61 Å². The largest absolute Gasteiger partial charge is 0.496 e. The number of nitrogens with two attached hydrogens (primary N) is 2. The molecule has 0 atom stereocenters. The summed E-state index contributed by atoms with van der Waals surface area (Å²) in [6, 6.07) is 12.1. The molecular formula is C28H39Br2N5O3. The molecule has 0 saturated heterocycles. The molecule has 0 bridgehead atoms. The van der Waals surface area contributed by atoms with E-state index >= 15 is 0 Å². The van der Waals surface area contributed by atoms with Crippen molar-refractivity contribution in [3.63, 3.8) is 0 Å². The van der Waals surface area contributed by atoms with Crippen molar-refractivity contribution in [1.29, 1.82) is 0 Å². The minimum Gasteiger partial charge on any atom is -0.496 e. The number of benzene rings is 2. The van der Waals surface area contributed by atoms with Crippen molar-refractivity contribution in [3.05, 3.63) is 80.3 Å². The lowest BCUT2D eigenvalue weighted by Crippen LogP contribution is -2.29. The Morgan fingerprint density at radius 3 is 2.16 bits per heavy atom. The molecule has 0 spiro atoms. The maximum atomic E-state index is 6.14. The van der Waals surface area contributed by atoms with Crippen molar-refractivity contribution in [3.8, 4) is 11.5 Å². The van der Waals surface area contributed by atoms with Crippen molar-refractivity contribution >= 4 is 37.6 Å². The Kier molecular flexibility index (Phi) is 14.3. The van der Waals surface area contributed by atoms with Crippen LogP contribution < -0.4 is 26.4 Å². The van der Waals surface area contributed by atoms with E-state index in [1.54, 1.807) is 25.4 Å². The number of ether oxygens (including phenoxy) is 3. The van der Waals surface area contributed by atoms with Crippen LogP contribution in [0.5, 0.6) is 11.5 Å². The van der Waals surface area contributed by atoms with Crippen LogP contribution in [0, 0.1) is 0 Å². The Morgan fingerprint density at radius 1 is 1.00 bits per heavy atom. The van der Waals surface area contributed by atoms with E-state index in [9.17, 15) is 0 Å². The van der Waals surface area contributed by atoms with Gasteiger partial charge in [0.25, 0.3) is 0 Å². The average molecular weight is 653 g/mol. The summed E-state index contributed by atoms with van der Waals surface area (Å²) in [5.41, 5.74) is 10.9. The first kappa shape index (κ1) is 31.7. The highest BCUT2D eigenvalue weighted by molar-refractivity contribution is 9.10. The smallest absolute Gasteiger partial charge is 0.133 e. The predicted molar refractivity (Wildman–Crippen MR) is 162 cm³/mol. The summed E-state index contributed by atoms with van der Waals surface area (Å²) in [5.74, 6) is 7.74. The molecule has 38 heavy (non-hydrogen) atoms. The standard InChI is InChI=1S/C28H39Br2N5O3/c1-5-20(2)34-24(16-33-12-10-21-6-8-27(36-3)25(29)14-21)19-38-18-23(31)17-35(32)13-11-22-7-9-28(37-4)26(30)15-22/h6-9,14-17,33H,5,10-13,18-19,31-32H2,1-4H3/b23-17-,24-16-,34-20?. The van der Waals surface area contributed by atoms with Gasteiger partial charge in [-0.25, -0.2) is 5.84 Å². The van der Waals surface area contributed by atoms with Crippen LogP contribution in [0.1, 0.15) is 31.4 Å². The van der Waals surface area contributed by atoms with Crippen molar-refractivity contribution < 1.29 is 14.2 Å². The second kappa shape index (κ2) is 17.1. The van der Waals surface area contributed by atoms with Gasteiger partial charge in [0.15, 0.2) is 0 Å². The first-order valence-corrected chi connectivity index (χ1v) is 14.0. The van der Waals surface area contributed by atoms with Gasteiger partial charge in [0.1, 0.15) is 11.5 Å². The number of hydrogen-bond donors (Lipinski definition) is 3. The van der Waals surface area contributed by atoms with Crippen LogP contribution in [0.15, 0.2) is 74.1 Å². The van der Waals surface area contributed by atoms with Crippen molar-refractivity contribution in [2.24, 2.45) is 16.6 Å². The molecule has 5 N–H and O–H groups in total. The molecule has 2 rings (SSSR count). The molecule has 2 aromatic rings. The quantitative estimate of drug-likeness (QED) is 0.0977. The SMILES string of the molecule is CCC(C)=N/C(=C\NCCc1ccc(OC)c(Br)c1)COC/C(N)=C/N(N)CCc1ccc(OC)c(Br)c1.